The van der Waals surface area contributed by atoms with E-state index in [1.54, 1.807) is 12.1 Å². The van der Waals surface area contributed by atoms with Gasteiger partial charge in [0.2, 0.25) is 0 Å². The summed E-state index contributed by atoms with van der Waals surface area (Å²) in [4.78, 5) is 10.0. The Balaban J connectivity index is 2.14. The first-order chi connectivity index (χ1) is 7.08. The van der Waals surface area contributed by atoms with E-state index < -0.39 is 4.92 Å². The molecule has 0 heterocycles. The zero-order valence-electron chi connectivity index (χ0n) is 8.01. The molecule has 2 unspecified atom stereocenters. The molecule has 0 amide bonds. The average Bonchev–Trinajstić information content (AvgIpc) is 2.81. The summed E-state index contributed by atoms with van der Waals surface area (Å²) in [7, 11) is 0. The van der Waals surface area contributed by atoms with Crippen LogP contribution in [0.15, 0.2) is 18.2 Å². The first kappa shape index (κ1) is 9.72. The van der Waals surface area contributed by atoms with Crippen LogP contribution >= 0.6 is 0 Å². The molecule has 0 spiro atoms. The Hall–Kier alpha value is -1.82. The molecule has 2 rings (SSSR count). The van der Waals surface area contributed by atoms with Gasteiger partial charge in [0.05, 0.1) is 4.92 Å². The molecule has 1 aliphatic rings. The summed E-state index contributed by atoms with van der Waals surface area (Å²) in [6.45, 7) is 0. The summed E-state index contributed by atoms with van der Waals surface area (Å²) in [6.07, 6.45) is 0.927. The van der Waals surface area contributed by atoms with Gasteiger partial charge in [0, 0.05) is 23.8 Å². The quantitative estimate of drug-likeness (QED) is 0.385. The van der Waals surface area contributed by atoms with Crippen molar-refractivity contribution in [2.45, 2.75) is 18.5 Å². The van der Waals surface area contributed by atoms with Crippen LogP contribution in [-0.4, -0.2) is 17.0 Å². The smallest absolute Gasteiger partial charge is 0.292 e. The lowest BCUT2D eigenvalue weighted by Crippen LogP contribution is -2.13. The number of nitrogens with zero attached hydrogens (tertiary/aromatic N) is 1. The van der Waals surface area contributed by atoms with Crippen LogP contribution in [0.25, 0.3) is 0 Å². The fraction of sp³-hybridized carbons (Fsp3) is 0.333. The molecule has 0 bridgehead atoms. The Labute approximate surface area is 86.4 Å². The van der Waals surface area contributed by atoms with E-state index in [1.165, 1.54) is 6.07 Å². The molecule has 15 heavy (non-hydrogen) atoms. The Kier molecular flexibility index (Phi) is 2.20. The third-order valence-electron chi connectivity index (χ3n) is 2.42. The lowest BCUT2D eigenvalue weighted by Gasteiger charge is -2.05. The number of benzene rings is 1. The SMILES string of the molecule is Nc1cc(NC2CC2N)ccc1[N+](=O)[O-]. The largest absolute Gasteiger partial charge is 0.393 e. The minimum atomic E-state index is -0.498. The molecule has 0 aliphatic heterocycles. The molecule has 0 aromatic heterocycles. The summed E-state index contributed by atoms with van der Waals surface area (Å²) < 4.78 is 0. The molecule has 1 aromatic rings. The summed E-state index contributed by atoms with van der Waals surface area (Å²) in [5.74, 6) is 0. The monoisotopic (exact) mass is 208 g/mol. The van der Waals surface area contributed by atoms with Crippen molar-refractivity contribution in [3.63, 3.8) is 0 Å². The molecule has 1 fully saturated rings. The standard InChI is InChI=1S/C9H12N4O2/c10-6-4-8(6)12-5-1-2-9(13(14)15)7(11)3-5/h1-3,6,8,12H,4,10-11H2. The van der Waals surface area contributed by atoms with Crippen molar-refractivity contribution in [1.29, 1.82) is 0 Å². The van der Waals surface area contributed by atoms with Crippen LogP contribution in [-0.2, 0) is 0 Å². The summed E-state index contributed by atoms with van der Waals surface area (Å²) in [5.41, 5.74) is 12.0. The van der Waals surface area contributed by atoms with Gasteiger partial charge in [-0.3, -0.25) is 10.1 Å². The van der Waals surface area contributed by atoms with Gasteiger partial charge < -0.3 is 16.8 Å². The van der Waals surface area contributed by atoms with Crippen LogP contribution in [0, 0.1) is 10.1 Å². The number of nitrogens with two attached hydrogens (primary N) is 2. The van der Waals surface area contributed by atoms with Crippen molar-refractivity contribution in [2.75, 3.05) is 11.1 Å². The number of nitro groups is 1. The molecule has 5 N–H and O–H groups in total. The second kappa shape index (κ2) is 3.39. The predicted molar refractivity (Wildman–Crippen MR) is 57.5 cm³/mol. The second-order valence-electron chi connectivity index (χ2n) is 3.68. The fourth-order valence-corrected chi connectivity index (χ4v) is 1.41. The highest BCUT2D eigenvalue weighted by atomic mass is 16.6. The Morgan fingerprint density at radius 3 is 2.67 bits per heavy atom. The molecule has 1 aliphatic carbocycles. The number of hydrogen-bond acceptors (Lipinski definition) is 5. The molecule has 0 radical (unpaired) electrons. The summed E-state index contributed by atoms with van der Waals surface area (Å²) in [5, 5.41) is 13.6. The molecular formula is C9H12N4O2. The Morgan fingerprint density at radius 2 is 2.20 bits per heavy atom. The predicted octanol–water partition coefficient (Wildman–Crippen LogP) is 0.688. The molecule has 0 saturated heterocycles. The van der Waals surface area contributed by atoms with E-state index in [4.69, 9.17) is 11.5 Å². The van der Waals surface area contributed by atoms with E-state index in [2.05, 4.69) is 5.32 Å². The van der Waals surface area contributed by atoms with Gasteiger partial charge in [-0.05, 0) is 18.6 Å². The van der Waals surface area contributed by atoms with Crippen LogP contribution in [0.5, 0.6) is 0 Å². The van der Waals surface area contributed by atoms with Crippen molar-refractivity contribution < 1.29 is 4.92 Å². The highest BCUT2D eigenvalue weighted by Crippen LogP contribution is 2.28. The highest BCUT2D eigenvalue weighted by Gasteiger charge is 2.33. The van der Waals surface area contributed by atoms with Crippen molar-refractivity contribution in [1.82, 2.24) is 0 Å². The number of rotatable bonds is 3. The van der Waals surface area contributed by atoms with E-state index in [-0.39, 0.29) is 23.5 Å². The number of nitrogens with one attached hydrogen (secondary N) is 1. The maximum absolute atomic E-state index is 10.5. The van der Waals surface area contributed by atoms with E-state index >= 15 is 0 Å². The topological polar surface area (TPSA) is 107 Å². The van der Waals surface area contributed by atoms with Crippen LogP contribution in [0.3, 0.4) is 0 Å². The number of nitrogen functional groups attached to an aromatic ring is 1. The van der Waals surface area contributed by atoms with Gasteiger partial charge in [-0.25, -0.2) is 0 Å². The van der Waals surface area contributed by atoms with E-state index in [0.717, 1.165) is 12.1 Å². The molecule has 1 saturated carbocycles. The van der Waals surface area contributed by atoms with Crippen molar-refractivity contribution in [2.24, 2.45) is 5.73 Å². The van der Waals surface area contributed by atoms with E-state index in [0.29, 0.717) is 0 Å². The van der Waals surface area contributed by atoms with Crippen LogP contribution < -0.4 is 16.8 Å². The Bertz CT molecular complexity index is 407. The first-order valence-electron chi connectivity index (χ1n) is 4.64. The van der Waals surface area contributed by atoms with Crippen molar-refractivity contribution >= 4 is 17.1 Å². The molecule has 80 valence electrons. The molecule has 6 nitrogen and oxygen atoms in total. The molecule has 6 heteroatoms. The van der Waals surface area contributed by atoms with Crippen LogP contribution in [0.2, 0.25) is 0 Å². The summed E-state index contributed by atoms with van der Waals surface area (Å²) in [6, 6.07) is 5.04. The third kappa shape index (κ3) is 1.99. The molecule has 1 aromatic carbocycles. The minimum Gasteiger partial charge on any atom is -0.393 e. The van der Waals surface area contributed by atoms with Gasteiger partial charge in [-0.1, -0.05) is 0 Å². The number of nitro benzene ring substituents is 1. The van der Waals surface area contributed by atoms with E-state index in [9.17, 15) is 10.1 Å². The lowest BCUT2D eigenvalue weighted by atomic mass is 10.2. The zero-order chi connectivity index (χ0) is 11.0. The first-order valence-corrected chi connectivity index (χ1v) is 4.64. The van der Waals surface area contributed by atoms with Crippen LogP contribution in [0.4, 0.5) is 17.1 Å². The van der Waals surface area contributed by atoms with Gasteiger partial charge >= 0.3 is 0 Å². The van der Waals surface area contributed by atoms with E-state index in [1.807, 2.05) is 0 Å². The van der Waals surface area contributed by atoms with Gasteiger partial charge in [0.25, 0.3) is 5.69 Å². The minimum absolute atomic E-state index is 0.0688. The average molecular weight is 208 g/mol. The molecule has 2 atom stereocenters. The van der Waals surface area contributed by atoms with Crippen molar-refractivity contribution in [3.05, 3.63) is 28.3 Å². The Morgan fingerprint density at radius 1 is 1.53 bits per heavy atom. The normalized spacial score (nSPS) is 23.5. The highest BCUT2D eigenvalue weighted by molar-refractivity contribution is 5.66. The van der Waals surface area contributed by atoms with Gasteiger partial charge in [0.1, 0.15) is 5.69 Å². The second-order valence-corrected chi connectivity index (χ2v) is 3.68. The molecular weight excluding hydrogens is 196 g/mol. The van der Waals surface area contributed by atoms with Gasteiger partial charge in [-0.15, -0.1) is 0 Å². The third-order valence-corrected chi connectivity index (χ3v) is 2.42. The van der Waals surface area contributed by atoms with Crippen LogP contribution in [0.1, 0.15) is 6.42 Å². The van der Waals surface area contributed by atoms with Gasteiger partial charge in [-0.2, -0.15) is 0 Å². The van der Waals surface area contributed by atoms with Gasteiger partial charge in [0.15, 0.2) is 0 Å². The summed E-state index contributed by atoms with van der Waals surface area (Å²) >= 11 is 0. The fourth-order valence-electron chi connectivity index (χ4n) is 1.41. The number of hydrogen-bond donors (Lipinski definition) is 3. The van der Waals surface area contributed by atoms with Crippen molar-refractivity contribution in [3.8, 4) is 0 Å². The lowest BCUT2D eigenvalue weighted by molar-refractivity contribution is -0.383. The maximum Gasteiger partial charge on any atom is 0.292 e. The maximum atomic E-state index is 10.5. The number of anilines is 2. The zero-order valence-corrected chi connectivity index (χ0v) is 8.01.